The van der Waals surface area contributed by atoms with E-state index in [4.69, 9.17) is 11.6 Å². The lowest BCUT2D eigenvalue weighted by Gasteiger charge is -2.10. The molecule has 0 fully saturated rings. The van der Waals surface area contributed by atoms with E-state index in [0.717, 1.165) is 16.3 Å². The number of hydrogen-bond donors (Lipinski definition) is 1. The molecule has 106 valence electrons. The maximum atomic E-state index is 11.7. The largest absolute Gasteiger partial charge is 0.365 e. The van der Waals surface area contributed by atoms with Gasteiger partial charge in [0.05, 0.1) is 0 Å². The van der Waals surface area contributed by atoms with Crippen molar-refractivity contribution in [3.05, 3.63) is 51.6 Å². The second kappa shape index (κ2) is 6.11. The van der Waals surface area contributed by atoms with Crippen LogP contribution in [0.3, 0.4) is 0 Å². The average molecular weight is 376 g/mol. The Bertz CT molecular complexity index is 735. The molecular weight excluding hydrogens is 364 g/mol. The van der Waals surface area contributed by atoms with Crippen molar-refractivity contribution in [3.8, 4) is 0 Å². The zero-order valence-corrected chi connectivity index (χ0v) is 13.8. The van der Waals surface area contributed by atoms with Gasteiger partial charge < -0.3 is 5.32 Å². The predicted molar refractivity (Wildman–Crippen MR) is 83.8 cm³/mol. The van der Waals surface area contributed by atoms with Crippen LogP contribution in [0.5, 0.6) is 0 Å². The number of rotatable bonds is 4. The van der Waals surface area contributed by atoms with Crippen LogP contribution in [0.1, 0.15) is 5.56 Å². The van der Waals surface area contributed by atoms with Gasteiger partial charge in [-0.15, -0.1) is 0 Å². The molecule has 0 spiro atoms. The number of nitrogens with zero attached hydrogens (tertiary/aromatic N) is 1. The molecule has 0 amide bonds. The molecule has 0 saturated carbocycles. The first-order valence-electron chi connectivity index (χ1n) is 5.71. The third-order valence-corrected chi connectivity index (χ3v) is 4.61. The fourth-order valence-corrected chi connectivity index (χ4v) is 3.21. The summed E-state index contributed by atoms with van der Waals surface area (Å²) in [6.45, 7) is 0.394. The minimum Gasteiger partial charge on any atom is -0.365 e. The first kappa shape index (κ1) is 15.3. The highest BCUT2D eigenvalue weighted by molar-refractivity contribution is 9.10. The zero-order valence-electron chi connectivity index (χ0n) is 10.6. The first-order valence-corrected chi connectivity index (χ1v) is 8.77. The quantitative estimate of drug-likeness (QED) is 0.888. The van der Waals surface area contributed by atoms with Crippen LogP contribution < -0.4 is 5.32 Å². The summed E-state index contributed by atoms with van der Waals surface area (Å²) in [7, 11) is -3.32. The fourth-order valence-electron chi connectivity index (χ4n) is 1.67. The Hall–Kier alpha value is -1.11. The van der Waals surface area contributed by atoms with Crippen LogP contribution in [0.25, 0.3) is 0 Å². The molecule has 4 nitrogen and oxygen atoms in total. The number of benzene rings is 1. The molecule has 1 aromatic carbocycles. The highest BCUT2D eigenvalue weighted by Crippen LogP contribution is 2.23. The van der Waals surface area contributed by atoms with Crippen molar-refractivity contribution in [3.63, 3.8) is 0 Å². The van der Waals surface area contributed by atoms with Crippen molar-refractivity contribution < 1.29 is 8.42 Å². The van der Waals surface area contributed by atoms with Crippen LogP contribution in [0, 0.1) is 0 Å². The van der Waals surface area contributed by atoms with Gasteiger partial charge in [0, 0.05) is 28.5 Å². The third-order valence-electron chi connectivity index (χ3n) is 2.63. The molecule has 0 saturated heterocycles. The molecule has 0 radical (unpaired) electrons. The molecule has 1 heterocycles. The van der Waals surface area contributed by atoms with Gasteiger partial charge >= 0.3 is 0 Å². The Labute approximate surface area is 131 Å². The first-order chi connectivity index (χ1) is 9.38. The van der Waals surface area contributed by atoms with E-state index in [2.05, 4.69) is 26.2 Å². The van der Waals surface area contributed by atoms with Crippen molar-refractivity contribution in [2.45, 2.75) is 11.4 Å². The van der Waals surface area contributed by atoms with E-state index in [0.29, 0.717) is 17.4 Å². The van der Waals surface area contributed by atoms with E-state index in [-0.39, 0.29) is 4.90 Å². The number of aromatic nitrogens is 1. The number of halogens is 2. The Kier molecular flexibility index (Phi) is 4.67. The molecule has 0 unspecified atom stereocenters. The molecule has 0 aliphatic rings. The minimum atomic E-state index is -3.32. The lowest BCUT2D eigenvalue weighted by atomic mass is 10.2. The topological polar surface area (TPSA) is 59.1 Å². The monoisotopic (exact) mass is 374 g/mol. The summed E-state index contributed by atoms with van der Waals surface area (Å²) in [6.07, 6.45) is 2.70. The summed E-state index contributed by atoms with van der Waals surface area (Å²) in [5.74, 6) is 0.328. The van der Waals surface area contributed by atoms with Gasteiger partial charge in [0.15, 0.2) is 9.84 Å². The van der Waals surface area contributed by atoms with E-state index >= 15 is 0 Å². The number of pyridine rings is 1. The van der Waals surface area contributed by atoms with Gasteiger partial charge in [0.2, 0.25) is 0 Å². The van der Waals surface area contributed by atoms with E-state index < -0.39 is 9.84 Å². The fraction of sp³-hybridized carbons (Fsp3) is 0.154. The number of anilines is 1. The van der Waals surface area contributed by atoms with E-state index in [9.17, 15) is 8.42 Å². The molecule has 0 aliphatic carbocycles. The van der Waals surface area contributed by atoms with Gasteiger partial charge in [0.1, 0.15) is 10.7 Å². The van der Waals surface area contributed by atoms with Crippen molar-refractivity contribution in [1.29, 1.82) is 0 Å². The van der Waals surface area contributed by atoms with Crippen LogP contribution in [-0.2, 0) is 16.4 Å². The van der Waals surface area contributed by atoms with Gasteiger partial charge in [0.25, 0.3) is 0 Å². The predicted octanol–water partition coefficient (Wildman–Crippen LogP) is 3.51. The van der Waals surface area contributed by atoms with Crippen LogP contribution in [0.2, 0.25) is 5.02 Å². The Morgan fingerprint density at radius 1 is 1.35 bits per heavy atom. The maximum absolute atomic E-state index is 11.7. The minimum absolute atomic E-state index is 0.174. The third kappa shape index (κ3) is 3.71. The molecule has 1 aromatic heterocycles. The lowest BCUT2D eigenvalue weighted by molar-refractivity contribution is 0.601. The number of nitrogens with one attached hydrogen (secondary N) is 1. The summed E-state index contributed by atoms with van der Waals surface area (Å²) >= 11 is 9.45. The molecule has 2 rings (SSSR count). The van der Waals surface area contributed by atoms with Gasteiger partial charge in [-0.05, 0) is 29.8 Å². The Balaban J connectivity index is 2.24. The molecule has 0 atom stereocenters. The summed E-state index contributed by atoms with van der Waals surface area (Å²) < 4.78 is 24.2. The van der Waals surface area contributed by atoms with E-state index in [1.807, 2.05) is 12.1 Å². The van der Waals surface area contributed by atoms with Crippen molar-refractivity contribution in [2.24, 2.45) is 0 Å². The summed E-state index contributed by atoms with van der Waals surface area (Å²) in [5, 5.41) is 3.61. The van der Waals surface area contributed by atoms with Crippen LogP contribution in [0.4, 0.5) is 5.82 Å². The standard InChI is InChI=1S/C13H12BrClN2O2S/c1-20(18,19)12-3-2-6-16-13(12)17-8-9-4-5-10(14)7-11(9)15/h2-7H,8H2,1H3,(H,16,17). The highest BCUT2D eigenvalue weighted by Gasteiger charge is 2.13. The summed E-state index contributed by atoms with van der Waals surface area (Å²) in [6, 6.07) is 8.64. The van der Waals surface area contributed by atoms with Crippen LogP contribution in [0.15, 0.2) is 45.9 Å². The van der Waals surface area contributed by atoms with Crippen molar-refractivity contribution in [2.75, 3.05) is 11.6 Å². The SMILES string of the molecule is CS(=O)(=O)c1cccnc1NCc1ccc(Br)cc1Cl. The maximum Gasteiger partial charge on any atom is 0.179 e. The van der Waals surface area contributed by atoms with Crippen molar-refractivity contribution in [1.82, 2.24) is 4.98 Å². The van der Waals surface area contributed by atoms with Gasteiger partial charge in [-0.2, -0.15) is 0 Å². The molecule has 0 bridgehead atoms. The molecule has 2 aromatic rings. The van der Waals surface area contributed by atoms with Crippen molar-refractivity contribution >= 4 is 43.2 Å². The van der Waals surface area contributed by atoms with Gasteiger partial charge in [-0.3, -0.25) is 0 Å². The van der Waals surface area contributed by atoms with Gasteiger partial charge in [-0.25, -0.2) is 13.4 Å². The zero-order chi connectivity index (χ0) is 14.8. The lowest BCUT2D eigenvalue weighted by Crippen LogP contribution is -2.08. The second-order valence-electron chi connectivity index (χ2n) is 4.21. The molecular formula is C13H12BrClN2O2S. The summed E-state index contributed by atoms with van der Waals surface area (Å²) in [4.78, 5) is 4.24. The normalized spacial score (nSPS) is 11.3. The van der Waals surface area contributed by atoms with Gasteiger partial charge in [-0.1, -0.05) is 33.6 Å². The smallest absolute Gasteiger partial charge is 0.179 e. The molecule has 7 heteroatoms. The second-order valence-corrected chi connectivity index (χ2v) is 7.52. The van der Waals surface area contributed by atoms with E-state index in [1.165, 1.54) is 6.07 Å². The van der Waals surface area contributed by atoms with Crippen LogP contribution >= 0.6 is 27.5 Å². The molecule has 1 N–H and O–H groups in total. The molecule has 20 heavy (non-hydrogen) atoms. The molecule has 0 aliphatic heterocycles. The Morgan fingerprint density at radius 3 is 2.75 bits per heavy atom. The summed E-state index contributed by atoms with van der Waals surface area (Å²) in [5.41, 5.74) is 0.861. The highest BCUT2D eigenvalue weighted by atomic mass is 79.9. The average Bonchev–Trinajstić information content (AvgIpc) is 2.37. The van der Waals surface area contributed by atoms with E-state index in [1.54, 1.807) is 18.3 Å². The Morgan fingerprint density at radius 2 is 2.10 bits per heavy atom. The number of sulfone groups is 1. The number of hydrogen-bond acceptors (Lipinski definition) is 4. The van der Waals surface area contributed by atoms with Crippen LogP contribution in [-0.4, -0.2) is 19.7 Å².